The van der Waals surface area contributed by atoms with E-state index in [0.717, 1.165) is 17.1 Å². The van der Waals surface area contributed by atoms with Crippen LogP contribution in [-0.2, 0) is 6.54 Å². The first-order valence-corrected chi connectivity index (χ1v) is 4.72. The molecule has 0 aliphatic carbocycles. The van der Waals surface area contributed by atoms with Crippen LogP contribution in [0.4, 0.5) is 0 Å². The third kappa shape index (κ3) is 1.85. The van der Waals surface area contributed by atoms with Gasteiger partial charge in [-0.25, -0.2) is 4.68 Å². The van der Waals surface area contributed by atoms with Crippen molar-refractivity contribution in [3.63, 3.8) is 0 Å². The highest BCUT2D eigenvalue weighted by molar-refractivity contribution is 5.37. The summed E-state index contributed by atoms with van der Waals surface area (Å²) in [6.45, 7) is 0.478. The van der Waals surface area contributed by atoms with Crippen LogP contribution in [-0.4, -0.2) is 16.9 Å². The molecule has 78 valence electrons. The number of aromatic nitrogens is 2. The first-order valence-electron chi connectivity index (χ1n) is 4.72. The lowest BCUT2D eigenvalue weighted by Crippen LogP contribution is -2.06. The standard InChI is InChI=1S/C11H13N3O/c1-15-11-4-2-9(3-5-11)14-10(8-12)6-7-13-14/h2-7H,8,12H2,1H3. The normalized spacial score (nSPS) is 10.3. The number of rotatable bonds is 3. The molecule has 2 aromatic rings. The highest BCUT2D eigenvalue weighted by Gasteiger charge is 2.02. The molecule has 0 radical (unpaired) electrons. The summed E-state index contributed by atoms with van der Waals surface area (Å²) in [7, 11) is 1.65. The predicted molar refractivity (Wildman–Crippen MR) is 58.0 cm³/mol. The van der Waals surface area contributed by atoms with Crippen molar-refractivity contribution in [2.45, 2.75) is 6.54 Å². The Morgan fingerprint density at radius 1 is 1.27 bits per heavy atom. The Hall–Kier alpha value is -1.81. The van der Waals surface area contributed by atoms with Crippen molar-refractivity contribution in [1.82, 2.24) is 9.78 Å². The average molecular weight is 203 g/mol. The van der Waals surface area contributed by atoms with Crippen LogP contribution in [0.25, 0.3) is 5.69 Å². The maximum Gasteiger partial charge on any atom is 0.119 e. The molecule has 0 saturated carbocycles. The van der Waals surface area contributed by atoms with Gasteiger partial charge in [-0.2, -0.15) is 5.10 Å². The molecule has 4 heteroatoms. The predicted octanol–water partition coefficient (Wildman–Crippen LogP) is 1.34. The Morgan fingerprint density at radius 2 is 2.00 bits per heavy atom. The second-order valence-electron chi connectivity index (χ2n) is 3.14. The van der Waals surface area contributed by atoms with Crippen LogP contribution in [0.5, 0.6) is 5.75 Å². The van der Waals surface area contributed by atoms with Gasteiger partial charge in [-0.3, -0.25) is 0 Å². The molecule has 1 aromatic carbocycles. The van der Waals surface area contributed by atoms with Crippen LogP contribution in [0.3, 0.4) is 0 Å². The molecule has 1 heterocycles. The number of ether oxygens (including phenoxy) is 1. The van der Waals surface area contributed by atoms with Crippen LogP contribution < -0.4 is 10.5 Å². The number of methoxy groups -OCH3 is 1. The fourth-order valence-corrected chi connectivity index (χ4v) is 1.44. The zero-order valence-corrected chi connectivity index (χ0v) is 8.55. The number of benzene rings is 1. The van der Waals surface area contributed by atoms with E-state index in [1.165, 1.54) is 0 Å². The summed E-state index contributed by atoms with van der Waals surface area (Å²) in [5, 5.41) is 4.21. The molecule has 0 bridgehead atoms. The zero-order chi connectivity index (χ0) is 10.7. The van der Waals surface area contributed by atoms with E-state index < -0.39 is 0 Å². The zero-order valence-electron chi connectivity index (χ0n) is 8.55. The number of hydrogen-bond donors (Lipinski definition) is 1. The maximum absolute atomic E-state index is 5.60. The van der Waals surface area contributed by atoms with Crippen LogP contribution in [0.2, 0.25) is 0 Å². The van der Waals surface area contributed by atoms with Crippen LogP contribution in [0.15, 0.2) is 36.5 Å². The highest BCUT2D eigenvalue weighted by Crippen LogP contribution is 2.15. The Morgan fingerprint density at radius 3 is 2.60 bits per heavy atom. The minimum absolute atomic E-state index is 0.478. The minimum atomic E-state index is 0.478. The molecule has 0 atom stereocenters. The lowest BCUT2D eigenvalue weighted by Gasteiger charge is -2.06. The summed E-state index contributed by atoms with van der Waals surface area (Å²) >= 11 is 0. The van der Waals surface area contributed by atoms with Gasteiger partial charge in [0, 0.05) is 12.7 Å². The average Bonchev–Trinajstić information content (AvgIpc) is 2.77. The smallest absolute Gasteiger partial charge is 0.119 e. The van der Waals surface area contributed by atoms with Gasteiger partial charge in [-0.1, -0.05) is 0 Å². The van der Waals surface area contributed by atoms with Crippen LogP contribution >= 0.6 is 0 Å². The Labute approximate surface area is 88.3 Å². The molecule has 2 rings (SSSR count). The first kappa shape index (κ1) is 9.73. The van der Waals surface area contributed by atoms with Crippen molar-refractivity contribution in [2.75, 3.05) is 7.11 Å². The first-order chi connectivity index (χ1) is 7.35. The quantitative estimate of drug-likeness (QED) is 0.819. The van der Waals surface area contributed by atoms with Gasteiger partial charge in [0.2, 0.25) is 0 Å². The minimum Gasteiger partial charge on any atom is -0.497 e. The molecule has 1 aromatic heterocycles. The van der Waals surface area contributed by atoms with Gasteiger partial charge in [0.05, 0.1) is 18.5 Å². The van der Waals surface area contributed by atoms with Gasteiger partial charge in [0.1, 0.15) is 5.75 Å². The van der Waals surface area contributed by atoms with Crippen molar-refractivity contribution < 1.29 is 4.74 Å². The van der Waals surface area contributed by atoms with Crippen LogP contribution in [0.1, 0.15) is 5.69 Å². The monoisotopic (exact) mass is 203 g/mol. The number of hydrogen-bond acceptors (Lipinski definition) is 3. The fraction of sp³-hybridized carbons (Fsp3) is 0.182. The molecular weight excluding hydrogens is 190 g/mol. The fourth-order valence-electron chi connectivity index (χ4n) is 1.44. The van der Waals surface area contributed by atoms with E-state index in [-0.39, 0.29) is 0 Å². The molecule has 0 aliphatic heterocycles. The molecule has 0 amide bonds. The van der Waals surface area contributed by atoms with Crippen molar-refractivity contribution in [3.05, 3.63) is 42.2 Å². The summed E-state index contributed by atoms with van der Waals surface area (Å²) in [5.41, 5.74) is 7.58. The van der Waals surface area contributed by atoms with E-state index in [2.05, 4.69) is 5.10 Å². The van der Waals surface area contributed by atoms with E-state index in [0.29, 0.717) is 6.54 Å². The Kier molecular flexibility index (Phi) is 2.69. The van der Waals surface area contributed by atoms with Crippen molar-refractivity contribution in [2.24, 2.45) is 5.73 Å². The third-order valence-electron chi connectivity index (χ3n) is 2.25. The molecule has 0 fully saturated rings. The van der Waals surface area contributed by atoms with Crippen molar-refractivity contribution >= 4 is 0 Å². The molecule has 0 saturated heterocycles. The van der Waals surface area contributed by atoms with Gasteiger partial charge >= 0.3 is 0 Å². The molecule has 0 spiro atoms. The summed E-state index contributed by atoms with van der Waals surface area (Å²) in [6, 6.07) is 9.61. The van der Waals surface area contributed by atoms with E-state index in [9.17, 15) is 0 Å². The van der Waals surface area contributed by atoms with Crippen molar-refractivity contribution in [1.29, 1.82) is 0 Å². The maximum atomic E-state index is 5.60. The van der Waals surface area contributed by atoms with Gasteiger partial charge < -0.3 is 10.5 Å². The Balaban J connectivity index is 2.37. The third-order valence-corrected chi connectivity index (χ3v) is 2.25. The second kappa shape index (κ2) is 4.14. The summed E-state index contributed by atoms with van der Waals surface area (Å²) < 4.78 is 6.91. The lowest BCUT2D eigenvalue weighted by molar-refractivity contribution is 0.414. The molecule has 0 aliphatic rings. The Bertz CT molecular complexity index is 433. The van der Waals surface area contributed by atoms with Gasteiger partial charge in [0.25, 0.3) is 0 Å². The van der Waals surface area contributed by atoms with Gasteiger partial charge in [-0.05, 0) is 30.3 Å². The topological polar surface area (TPSA) is 53.1 Å². The van der Waals surface area contributed by atoms with Crippen LogP contribution in [0, 0.1) is 0 Å². The number of nitrogens with zero attached hydrogens (tertiary/aromatic N) is 2. The van der Waals surface area contributed by atoms with Crippen molar-refractivity contribution in [3.8, 4) is 11.4 Å². The summed E-state index contributed by atoms with van der Waals surface area (Å²) in [6.07, 6.45) is 1.74. The van der Waals surface area contributed by atoms with E-state index in [1.807, 2.05) is 35.0 Å². The molecular formula is C11H13N3O. The van der Waals surface area contributed by atoms with Gasteiger partial charge in [0.15, 0.2) is 0 Å². The molecule has 4 nitrogen and oxygen atoms in total. The van der Waals surface area contributed by atoms with E-state index in [1.54, 1.807) is 13.3 Å². The number of nitrogens with two attached hydrogens (primary N) is 1. The van der Waals surface area contributed by atoms with E-state index >= 15 is 0 Å². The largest absolute Gasteiger partial charge is 0.497 e. The summed E-state index contributed by atoms with van der Waals surface area (Å²) in [5.74, 6) is 0.834. The summed E-state index contributed by atoms with van der Waals surface area (Å²) in [4.78, 5) is 0. The SMILES string of the molecule is COc1ccc(-n2nccc2CN)cc1. The molecule has 15 heavy (non-hydrogen) atoms. The second-order valence-corrected chi connectivity index (χ2v) is 3.14. The van der Waals surface area contributed by atoms with Gasteiger partial charge in [-0.15, -0.1) is 0 Å². The highest BCUT2D eigenvalue weighted by atomic mass is 16.5. The molecule has 2 N–H and O–H groups in total. The lowest BCUT2D eigenvalue weighted by atomic mass is 10.3. The molecule has 0 unspecified atom stereocenters. The van der Waals surface area contributed by atoms with E-state index in [4.69, 9.17) is 10.5 Å².